The SMILES string of the molecule is CC(C)(CO)NC[C@@H]1CCN(c2ccc3c(c2)Cn2cc(-c4ccc(F)cc4)cc2-c2nccn2-3)C1.S. The van der Waals surface area contributed by atoms with Gasteiger partial charge in [-0.15, -0.1) is 0 Å². The molecule has 1 fully saturated rings. The summed E-state index contributed by atoms with van der Waals surface area (Å²) in [5, 5.41) is 13.0. The lowest BCUT2D eigenvalue weighted by molar-refractivity contribution is 0.184. The number of rotatable bonds is 6. The first-order chi connectivity index (χ1) is 17.4. The fourth-order valence-corrected chi connectivity index (χ4v) is 5.34. The summed E-state index contributed by atoms with van der Waals surface area (Å²) in [7, 11) is 0. The van der Waals surface area contributed by atoms with Crippen molar-refractivity contribution < 1.29 is 9.50 Å². The summed E-state index contributed by atoms with van der Waals surface area (Å²) in [6, 6.07) is 15.6. The van der Waals surface area contributed by atoms with Crippen molar-refractivity contribution in [3.63, 3.8) is 0 Å². The van der Waals surface area contributed by atoms with Gasteiger partial charge in [0.2, 0.25) is 0 Å². The summed E-state index contributed by atoms with van der Waals surface area (Å²) >= 11 is 0. The number of nitrogens with zero attached hydrogens (tertiary/aromatic N) is 4. The summed E-state index contributed by atoms with van der Waals surface area (Å²) in [5.74, 6) is 1.24. The number of hydrogen-bond donors (Lipinski definition) is 2. The van der Waals surface area contributed by atoms with E-state index in [1.165, 1.54) is 23.4 Å². The van der Waals surface area contributed by atoms with Crippen LogP contribution in [0.1, 0.15) is 25.8 Å². The Balaban J connectivity index is 0.00000280. The van der Waals surface area contributed by atoms with Crippen molar-refractivity contribution in [2.75, 3.05) is 31.1 Å². The summed E-state index contributed by atoms with van der Waals surface area (Å²) in [4.78, 5) is 7.15. The second-order valence-electron chi connectivity index (χ2n) is 10.7. The summed E-state index contributed by atoms with van der Waals surface area (Å²) < 4.78 is 17.9. The van der Waals surface area contributed by atoms with Crippen molar-refractivity contribution in [1.29, 1.82) is 0 Å². The number of benzene rings is 2. The minimum atomic E-state index is -0.249. The average molecular weight is 520 g/mol. The Bertz CT molecular complexity index is 1390. The number of aromatic nitrogens is 3. The zero-order valence-corrected chi connectivity index (χ0v) is 22.3. The summed E-state index contributed by atoms with van der Waals surface area (Å²) in [6.07, 6.45) is 7.15. The van der Waals surface area contributed by atoms with Crippen LogP contribution in [0.25, 0.3) is 28.3 Å². The molecule has 0 bridgehead atoms. The van der Waals surface area contributed by atoms with Crippen LogP contribution >= 0.6 is 13.5 Å². The molecule has 2 aromatic carbocycles. The largest absolute Gasteiger partial charge is 0.394 e. The quantitative estimate of drug-likeness (QED) is 0.338. The molecule has 2 aliphatic rings. The molecule has 6 rings (SSSR count). The van der Waals surface area contributed by atoms with E-state index in [2.05, 4.69) is 54.8 Å². The molecule has 0 saturated carbocycles. The van der Waals surface area contributed by atoms with Gasteiger partial charge in [0.15, 0.2) is 5.82 Å². The predicted octanol–water partition coefficient (Wildman–Crippen LogP) is 4.81. The van der Waals surface area contributed by atoms with Crippen LogP contribution in [0.3, 0.4) is 0 Å². The molecule has 0 radical (unpaired) electrons. The topological polar surface area (TPSA) is 58.2 Å². The van der Waals surface area contributed by atoms with E-state index in [0.29, 0.717) is 5.92 Å². The number of imidazole rings is 1. The van der Waals surface area contributed by atoms with Gasteiger partial charge in [-0.2, -0.15) is 13.5 Å². The van der Waals surface area contributed by atoms with Crippen LogP contribution in [0.15, 0.2) is 67.1 Å². The molecule has 4 aromatic rings. The molecule has 6 nitrogen and oxygen atoms in total. The standard InChI is InChI=1S/C29H32FN5O.H2S/c1-29(2,19-36)32-15-20-9-11-33(16-20)25-7-8-26-23(13-25)18-34-17-22(21-3-5-24(30)6-4-21)14-27(34)28-31-10-12-35(26)28;/h3-8,10,12-14,17,20,32,36H,9,11,15-16,18-19H2,1-2H3;1H2/t20-;/m0./s1. The highest BCUT2D eigenvalue weighted by Gasteiger charge is 2.27. The molecule has 194 valence electrons. The molecule has 8 heteroatoms. The Morgan fingerprint density at radius 3 is 2.70 bits per heavy atom. The highest BCUT2D eigenvalue weighted by molar-refractivity contribution is 7.59. The first-order valence-corrected chi connectivity index (χ1v) is 12.6. The minimum Gasteiger partial charge on any atom is -0.394 e. The zero-order chi connectivity index (χ0) is 24.9. The predicted molar refractivity (Wildman–Crippen MR) is 151 cm³/mol. The summed E-state index contributed by atoms with van der Waals surface area (Å²) in [6.45, 7) is 7.90. The number of fused-ring (bicyclic) bond motifs is 5. The molecular formula is C29H34FN5OS. The third-order valence-corrected chi connectivity index (χ3v) is 7.52. The first-order valence-electron chi connectivity index (χ1n) is 12.6. The van der Waals surface area contributed by atoms with E-state index >= 15 is 0 Å². The van der Waals surface area contributed by atoms with E-state index in [0.717, 1.165) is 60.9 Å². The maximum Gasteiger partial charge on any atom is 0.161 e. The molecule has 0 spiro atoms. The van der Waals surface area contributed by atoms with Gasteiger partial charge in [0.05, 0.1) is 18.0 Å². The molecule has 0 unspecified atom stereocenters. The van der Waals surface area contributed by atoms with Gasteiger partial charge in [-0.1, -0.05) is 12.1 Å². The summed E-state index contributed by atoms with van der Waals surface area (Å²) in [5.41, 5.74) is 6.49. The van der Waals surface area contributed by atoms with Crippen molar-refractivity contribution in [3.8, 4) is 28.3 Å². The second-order valence-corrected chi connectivity index (χ2v) is 10.7. The third kappa shape index (κ3) is 4.93. The molecule has 37 heavy (non-hydrogen) atoms. The van der Waals surface area contributed by atoms with Gasteiger partial charge in [0.25, 0.3) is 0 Å². The van der Waals surface area contributed by atoms with Crippen molar-refractivity contribution in [3.05, 3.63) is 78.5 Å². The lowest BCUT2D eigenvalue weighted by Crippen LogP contribution is -2.45. The average Bonchev–Trinajstić information content (AvgIpc) is 3.62. The van der Waals surface area contributed by atoms with Crippen LogP contribution in [-0.2, 0) is 6.54 Å². The van der Waals surface area contributed by atoms with E-state index in [4.69, 9.17) is 0 Å². The van der Waals surface area contributed by atoms with E-state index < -0.39 is 0 Å². The van der Waals surface area contributed by atoms with Gasteiger partial charge >= 0.3 is 0 Å². The maximum absolute atomic E-state index is 13.5. The molecule has 1 saturated heterocycles. The van der Waals surface area contributed by atoms with Crippen LogP contribution in [0, 0.1) is 11.7 Å². The second kappa shape index (κ2) is 10.0. The van der Waals surface area contributed by atoms with Crippen molar-refractivity contribution in [1.82, 2.24) is 19.4 Å². The number of anilines is 1. The van der Waals surface area contributed by atoms with E-state index in [9.17, 15) is 9.50 Å². The van der Waals surface area contributed by atoms with Crippen molar-refractivity contribution >= 4 is 19.2 Å². The normalized spacial score (nSPS) is 16.5. The van der Waals surface area contributed by atoms with Crippen LogP contribution in [0.5, 0.6) is 0 Å². The van der Waals surface area contributed by atoms with Crippen LogP contribution in [0.2, 0.25) is 0 Å². The number of aliphatic hydroxyl groups excluding tert-OH is 1. The number of hydrogen-bond acceptors (Lipinski definition) is 4. The minimum absolute atomic E-state index is 0. The maximum atomic E-state index is 13.5. The van der Waals surface area contributed by atoms with Crippen LogP contribution in [0.4, 0.5) is 10.1 Å². The molecule has 0 amide bonds. The number of halogens is 1. The van der Waals surface area contributed by atoms with Crippen molar-refractivity contribution in [2.24, 2.45) is 5.92 Å². The molecule has 2 N–H and O–H groups in total. The van der Waals surface area contributed by atoms with Crippen LogP contribution < -0.4 is 10.2 Å². The molecular weight excluding hydrogens is 485 g/mol. The van der Waals surface area contributed by atoms with Gasteiger partial charge in [-0.3, -0.25) is 4.57 Å². The molecule has 0 aliphatic carbocycles. The highest BCUT2D eigenvalue weighted by Crippen LogP contribution is 2.36. The lowest BCUT2D eigenvalue weighted by atomic mass is 10.0. The number of aliphatic hydroxyl groups is 1. The van der Waals surface area contributed by atoms with E-state index in [1.807, 2.05) is 38.4 Å². The fourth-order valence-electron chi connectivity index (χ4n) is 5.34. The Morgan fingerprint density at radius 2 is 1.92 bits per heavy atom. The number of nitrogens with one attached hydrogen (secondary N) is 1. The Hall–Kier alpha value is -3.07. The van der Waals surface area contributed by atoms with E-state index in [1.54, 1.807) is 0 Å². The van der Waals surface area contributed by atoms with Gasteiger partial charge in [-0.25, -0.2) is 9.37 Å². The van der Waals surface area contributed by atoms with Crippen LogP contribution in [-0.4, -0.2) is 51.0 Å². The molecule has 2 aliphatic heterocycles. The zero-order valence-electron chi connectivity index (χ0n) is 21.3. The first kappa shape index (κ1) is 25.6. The Labute approximate surface area is 224 Å². The lowest BCUT2D eigenvalue weighted by Gasteiger charge is -2.26. The van der Waals surface area contributed by atoms with Gasteiger partial charge < -0.3 is 19.9 Å². The smallest absolute Gasteiger partial charge is 0.161 e. The third-order valence-electron chi connectivity index (χ3n) is 7.52. The fraction of sp³-hybridized carbons (Fsp3) is 0.345. The van der Waals surface area contributed by atoms with Gasteiger partial charge in [0.1, 0.15) is 5.82 Å². The van der Waals surface area contributed by atoms with Crippen molar-refractivity contribution in [2.45, 2.75) is 32.4 Å². The Morgan fingerprint density at radius 1 is 1.11 bits per heavy atom. The van der Waals surface area contributed by atoms with Gasteiger partial charge in [-0.05, 0) is 73.7 Å². The highest BCUT2D eigenvalue weighted by atomic mass is 32.1. The Kier molecular flexibility index (Phi) is 6.91. The molecule has 4 heterocycles. The molecule has 1 atom stereocenters. The van der Waals surface area contributed by atoms with E-state index in [-0.39, 0.29) is 31.5 Å². The van der Waals surface area contributed by atoms with Gasteiger partial charge in [0, 0.05) is 61.6 Å². The monoisotopic (exact) mass is 519 g/mol. The molecule has 2 aromatic heterocycles.